The number of hydrogen-bond donors (Lipinski definition) is 0. The zero-order valence-corrected chi connectivity index (χ0v) is 13.3. The van der Waals surface area contributed by atoms with Gasteiger partial charge >= 0.3 is 0 Å². The summed E-state index contributed by atoms with van der Waals surface area (Å²) in [6.45, 7) is 10.4. The van der Waals surface area contributed by atoms with Gasteiger partial charge < -0.3 is 14.4 Å². The number of rotatable bonds is 5. The minimum absolute atomic E-state index is 0.130. The van der Waals surface area contributed by atoms with Gasteiger partial charge in [-0.05, 0) is 19.3 Å². The third kappa shape index (κ3) is 3.25. The standard InChI is InChI=1S/C16H28N2O3/c1-3-12-10-18(16(19)13-9-15(13)21-4-2)11-14(12)17-5-7-20-8-6-17/h12-15H,3-11H2,1-2H3. The van der Waals surface area contributed by atoms with E-state index in [1.165, 1.54) is 0 Å². The van der Waals surface area contributed by atoms with E-state index < -0.39 is 0 Å². The van der Waals surface area contributed by atoms with Crippen molar-refractivity contribution in [3.63, 3.8) is 0 Å². The highest BCUT2D eigenvalue weighted by Crippen LogP contribution is 2.37. The molecule has 5 nitrogen and oxygen atoms in total. The topological polar surface area (TPSA) is 42.0 Å². The monoisotopic (exact) mass is 296 g/mol. The van der Waals surface area contributed by atoms with Gasteiger partial charge in [0.2, 0.25) is 5.91 Å². The highest BCUT2D eigenvalue weighted by Gasteiger charge is 2.48. The summed E-state index contributed by atoms with van der Waals surface area (Å²) in [4.78, 5) is 17.2. The number of likely N-dealkylation sites (tertiary alicyclic amines) is 1. The Bertz CT molecular complexity index is 371. The molecule has 5 heteroatoms. The van der Waals surface area contributed by atoms with E-state index in [0.717, 1.165) is 52.2 Å². The maximum absolute atomic E-state index is 12.6. The van der Waals surface area contributed by atoms with Crippen LogP contribution in [0.1, 0.15) is 26.7 Å². The third-order valence-corrected chi connectivity index (χ3v) is 5.19. The largest absolute Gasteiger partial charge is 0.379 e. The van der Waals surface area contributed by atoms with Crippen molar-refractivity contribution in [2.75, 3.05) is 46.0 Å². The quantitative estimate of drug-likeness (QED) is 0.758. The Hall–Kier alpha value is -0.650. The number of carbonyl (C=O) groups excluding carboxylic acids is 1. The van der Waals surface area contributed by atoms with E-state index in [1.54, 1.807) is 0 Å². The van der Waals surface area contributed by atoms with Crippen molar-refractivity contribution in [1.82, 2.24) is 9.80 Å². The summed E-state index contributed by atoms with van der Waals surface area (Å²) in [5, 5.41) is 0. The Morgan fingerprint density at radius 2 is 2.00 bits per heavy atom. The van der Waals surface area contributed by atoms with Gasteiger partial charge in [0.1, 0.15) is 0 Å². The molecule has 0 N–H and O–H groups in total. The summed E-state index contributed by atoms with van der Waals surface area (Å²) in [6.07, 6.45) is 2.25. The van der Waals surface area contributed by atoms with E-state index in [4.69, 9.17) is 9.47 Å². The van der Waals surface area contributed by atoms with Crippen LogP contribution < -0.4 is 0 Å². The third-order valence-electron chi connectivity index (χ3n) is 5.19. The molecule has 0 aromatic rings. The average molecular weight is 296 g/mol. The van der Waals surface area contributed by atoms with Crippen molar-refractivity contribution in [1.29, 1.82) is 0 Å². The summed E-state index contributed by atoms with van der Waals surface area (Å²) >= 11 is 0. The molecule has 0 aromatic heterocycles. The van der Waals surface area contributed by atoms with Crippen LogP contribution >= 0.6 is 0 Å². The van der Waals surface area contributed by atoms with Crippen LogP contribution in [0.15, 0.2) is 0 Å². The van der Waals surface area contributed by atoms with E-state index in [-0.39, 0.29) is 12.0 Å². The Balaban J connectivity index is 1.57. The SMILES string of the molecule is CCOC1CC1C(=O)N1CC(CC)C(N2CCOCC2)C1. The van der Waals surface area contributed by atoms with Crippen LogP contribution in [-0.4, -0.2) is 73.9 Å². The lowest BCUT2D eigenvalue weighted by atomic mass is 9.99. The highest BCUT2D eigenvalue weighted by molar-refractivity contribution is 5.82. The molecule has 2 saturated heterocycles. The molecule has 21 heavy (non-hydrogen) atoms. The minimum atomic E-state index is 0.130. The molecule has 4 atom stereocenters. The first kappa shape index (κ1) is 15.3. The van der Waals surface area contributed by atoms with Gasteiger partial charge in [-0.3, -0.25) is 9.69 Å². The number of nitrogens with zero attached hydrogens (tertiary/aromatic N) is 2. The number of ether oxygens (including phenoxy) is 2. The summed E-state index contributed by atoms with van der Waals surface area (Å²) in [6, 6.07) is 0.521. The molecule has 4 unspecified atom stereocenters. The van der Waals surface area contributed by atoms with E-state index in [0.29, 0.717) is 24.5 Å². The summed E-state index contributed by atoms with van der Waals surface area (Å²) < 4.78 is 11.0. The van der Waals surface area contributed by atoms with Crippen LogP contribution in [0.2, 0.25) is 0 Å². The second kappa shape index (κ2) is 6.63. The Morgan fingerprint density at radius 3 is 2.67 bits per heavy atom. The molecule has 0 bridgehead atoms. The highest BCUT2D eigenvalue weighted by atomic mass is 16.5. The average Bonchev–Trinajstić information content (AvgIpc) is 3.15. The Labute approximate surface area is 127 Å². The predicted octanol–water partition coefficient (Wildman–Crippen LogP) is 0.981. The van der Waals surface area contributed by atoms with Gasteiger partial charge in [0.05, 0.1) is 25.2 Å². The molecular weight excluding hydrogens is 268 g/mol. The normalized spacial score (nSPS) is 37.0. The summed E-state index contributed by atoms with van der Waals surface area (Å²) in [5.74, 6) is 1.06. The molecule has 0 radical (unpaired) electrons. The van der Waals surface area contributed by atoms with E-state index >= 15 is 0 Å². The molecule has 1 saturated carbocycles. The fraction of sp³-hybridized carbons (Fsp3) is 0.938. The van der Waals surface area contributed by atoms with Crippen LogP contribution in [0.3, 0.4) is 0 Å². The Kier molecular flexibility index (Phi) is 4.82. The van der Waals surface area contributed by atoms with Crippen molar-refractivity contribution < 1.29 is 14.3 Å². The van der Waals surface area contributed by atoms with Crippen molar-refractivity contribution in [2.45, 2.75) is 38.8 Å². The molecule has 0 spiro atoms. The van der Waals surface area contributed by atoms with Crippen molar-refractivity contribution in [2.24, 2.45) is 11.8 Å². The lowest BCUT2D eigenvalue weighted by Crippen LogP contribution is -2.47. The molecule has 1 amide bonds. The fourth-order valence-electron chi connectivity index (χ4n) is 3.82. The second-order valence-corrected chi connectivity index (χ2v) is 6.46. The first-order valence-electron chi connectivity index (χ1n) is 8.46. The second-order valence-electron chi connectivity index (χ2n) is 6.46. The molecule has 3 aliphatic rings. The Morgan fingerprint density at radius 1 is 1.24 bits per heavy atom. The maximum Gasteiger partial charge on any atom is 0.228 e. The lowest BCUT2D eigenvalue weighted by Gasteiger charge is -2.34. The fourth-order valence-corrected chi connectivity index (χ4v) is 3.82. The van der Waals surface area contributed by atoms with E-state index in [1.807, 2.05) is 6.92 Å². The summed E-state index contributed by atoms with van der Waals surface area (Å²) in [5.41, 5.74) is 0. The van der Waals surface area contributed by atoms with Gasteiger partial charge in [-0.2, -0.15) is 0 Å². The van der Waals surface area contributed by atoms with Gasteiger partial charge in [-0.15, -0.1) is 0 Å². The van der Waals surface area contributed by atoms with Gasteiger partial charge in [0, 0.05) is 38.8 Å². The smallest absolute Gasteiger partial charge is 0.228 e. The molecule has 0 aromatic carbocycles. The number of carbonyl (C=O) groups is 1. The molecule has 120 valence electrons. The van der Waals surface area contributed by atoms with Crippen LogP contribution in [0.25, 0.3) is 0 Å². The van der Waals surface area contributed by atoms with E-state index in [9.17, 15) is 4.79 Å². The predicted molar refractivity (Wildman–Crippen MR) is 80.1 cm³/mol. The zero-order chi connectivity index (χ0) is 14.8. The van der Waals surface area contributed by atoms with Crippen molar-refractivity contribution in [3.05, 3.63) is 0 Å². The number of amides is 1. The zero-order valence-electron chi connectivity index (χ0n) is 13.3. The van der Waals surface area contributed by atoms with Gasteiger partial charge in [-0.1, -0.05) is 13.3 Å². The lowest BCUT2D eigenvalue weighted by molar-refractivity contribution is -0.132. The summed E-state index contributed by atoms with van der Waals surface area (Å²) in [7, 11) is 0. The molecular formula is C16H28N2O3. The van der Waals surface area contributed by atoms with Gasteiger partial charge in [0.15, 0.2) is 0 Å². The molecule has 3 rings (SSSR count). The van der Waals surface area contributed by atoms with Crippen LogP contribution in [-0.2, 0) is 14.3 Å². The minimum Gasteiger partial charge on any atom is -0.379 e. The van der Waals surface area contributed by atoms with Crippen LogP contribution in [0.4, 0.5) is 0 Å². The maximum atomic E-state index is 12.6. The first-order valence-corrected chi connectivity index (χ1v) is 8.46. The van der Waals surface area contributed by atoms with Crippen molar-refractivity contribution >= 4 is 5.91 Å². The number of hydrogen-bond acceptors (Lipinski definition) is 4. The van der Waals surface area contributed by atoms with Gasteiger partial charge in [-0.25, -0.2) is 0 Å². The molecule has 2 heterocycles. The van der Waals surface area contributed by atoms with Crippen LogP contribution in [0, 0.1) is 11.8 Å². The molecule has 1 aliphatic carbocycles. The van der Waals surface area contributed by atoms with Gasteiger partial charge in [0.25, 0.3) is 0 Å². The first-order chi connectivity index (χ1) is 10.2. The van der Waals surface area contributed by atoms with Crippen molar-refractivity contribution in [3.8, 4) is 0 Å². The molecule has 2 aliphatic heterocycles. The van der Waals surface area contributed by atoms with E-state index in [2.05, 4.69) is 16.7 Å². The number of morpholine rings is 1. The molecule has 3 fully saturated rings. The van der Waals surface area contributed by atoms with Crippen LogP contribution in [0.5, 0.6) is 0 Å².